The third-order valence-corrected chi connectivity index (χ3v) is 3.22. The zero-order valence-electron chi connectivity index (χ0n) is 11.5. The minimum absolute atomic E-state index is 0.642. The summed E-state index contributed by atoms with van der Waals surface area (Å²) in [7, 11) is 0. The van der Waals surface area contributed by atoms with E-state index in [1.165, 1.54) is 0 Å². The van der Waals surface area contributed by atoms with Crippen LogP contribution in [0.4, 0.5) is 5.69 Å². The Hall–Kier alpha value is -2.56. The van der Waals surface area contributed by atoms with E-state index < -0.39 is 0 Å². The van der Waals surface area contributed by atoms with Gasteiger partial charge in [0, 0.05) is 41.0 Å². The van der Waals surface area contributed by atoms with E-state index in [-0.39, 0.29) is 0 Å². The third kappa shape index (κ3) is 2.18. The lowest BCUT2D eigenvalue weighted by molar-refractivity contribution is 0.953. The molecule has 0 fully saturated rings. The van der Waals surface area contributed by atoms with Crippen LogP contribution in [0.25, 0.3) is 22.2 Å². The molecule has 0 saturated carbocycles. The van der Waals surface area contributed by atoms with Gasteiger partial charge in [0.15, 0.2) is 5.65 Å². The van der Waals surface area contributed by atoms with Crippen LogP contribution in [-0.4, -0.2) is 19.9 Å². The molecule has 5 heteroatoms. The first-order chi connectivity index (χ1) is 9.67. The molecule has 20 heavy (non-hydrogen) atoms. The summed E-state index contributed by atoms with van der Waals surface area (Å²) in [5.74, 6) is 0.805. The standard InChI is InChI=1S/C15H15N5/c1-3-14-18-7-11-4-10(6-19-15(11)20-14)13-5-12(16)8-17-9(13)2/h4-8H,3,16H2,1-2H3. The van der Waals surface area contributed by atoms with Gasteiger partial charge in [-0.05, 0) is 19.1 Å². The van der Waals surface area contributed by atoms with Gasteiger partial charge in [-0.2, -0.15) is 0 Å². The van der Waals surface area contributed by atoms with E-state index in [2.05, 4.69) is 19.9 Å². The van der Waals surface area contributed by atoms with Crippen molar-refractivity contribution in [3.63, 3.8) is 0 Å². The Bertz CT molecular complexity index is 782. The molecule has 0 aliphatic heterocycles. The molecule has 0 saturated heterocycles. The van der Waals surface area contributed by atoms with Crippen LogP contribution in [0.5, 0.6) is 0 Å². The highest BCUT2D eigenvalue weighted by atomic mass is 14.9. The van der Waals surface area contributed by atoms with Gasteiger partial charge in [-0.25, -0.2) is 15.0 Å². The zero-order chi connectivity index (χ0) is 14.1. The average Bonchev–Trinajstić information content (AvgIpc) is 2.48. The van der Waals surface area contributed by atoms with Gasteiger partial charge in [0.1, 0.15) is 5.82 Å². The molecule has 100 valence electrons. The predicted octanol–water partition coefficient (Wildman–Crippen LogP) is 2.54. The number of nitrogens with two attached hydrogens (primary N) is 1. The van der Waals surface area contributed by atoms with E-state index in [1.54, 1.807) is 12.4 Å². The molecule has 0 aliphatic rings. The van der Waals surface area contributed by atoms with Crippen LogP contribution in [0.2, 0.25) is 0 Å². The molecule has 0 bridgehead atoms. The van der Waals surface area contributed by atoms with E-state index in [1.807, 2.05) is 32.2 Å². The monoisotopic (exact) mass is 265 g/mol. The smallest absolute Gasteiger partial charge is 0.162 e. The number of pyridine rings is 2. The molecule has 0 radical (unpaired) electrons. The summed E-state index contributed by atoms with van der Waals surface area (Å²) in [6.07, 6.45) is 6.08. The maximum absolute atomic E-state index is 5.81. The number of aryl methyl sites for hydroxylation is 2. The fraction of sp³-hybridized carbons (Fsp3) is 0.200. The largest absolute Gasteiger partial charge is 0.397 e. The molecular formula is C15H15N5. The summed E-state index contributed by atoms with van der Waals surface area (Å²) in [5, 5.41) is 0.918. The summed E-state index contributed by atoms with van der Waals surface area (Å²) < 4.78 is 0. The minimum Gasteiger partial charge on any atom is -0.397 e. The van der Waals surface area contributed by atoms with Crippen molar-refractivity contribution in [3.05, 3.63) is 42.2 Å². The minimum atomic E-state index is 0.642. The summed E-state index contributed by atoms with van der Waals surface area (Å²) >= 11 is 0. The fourth-order valence-electron chi connectivity index (χ4n) is 2.12. The Balaban J connectivity index is 2.15. The normalized spacial score (nSPS) is 10.9. The zero-order valence-corrected chi connectivity index (χ0v) is 11.5. The SMILES string of the molecule is CCc1ncc2cc(-c3cc(N)cnc3C)cnc2n1. The van der Waals surface area contributed by atoms with E-state index in [9.17, 15) is 0 Å². The second-order valence-corrected chi connectivity index (χ2v) is 4.68. The van der Waals surface area contributed by atoms with Crippen molar-refractivity contribution in [1.29, 1.82) is 0 Å². The van der Waals surface area contributed by atoms with Crippen LogP contribution in [0.1, 0.15) is 18.4 Å². The van der Waals surface area contributed by atoms with E-state index in [0.717, 1.165) is 40.1 Å². The van der Waals surface area contributed by atoms with Gasteiger partial charge >= 0.3 is 0 Å². The summed E-state index contributed by atoms with van der Waals surface area (Å²) in [6, 6.07) is 3.93. The second kappa shape index (κ2) is 4.85. The lowest BCUT2D eigenvalue weighted by Crippen LogP contribution is -1.96. The Kier molecular flexibility index (Phi) is 3.02. The third-order valence-electron chi connectivity index (χ3n) is 3.22. The average molecular weight is 265 g/mol. The van der Waals surface area contributed by atoms with Gasteiger partial charge in [-0.1, -0.05) is 6.92 Å². The number of hydrogen-bond acceptors (Lipinski definition) is 5. The quantitative estimate of drug-likeness (QED) is 0.770. The number of hydrogen-bond donors (Lipinski definition) is 1. The van der Waals surface area contributed by atoms with Crippen molar-refractivity contribution in [2.45, 2.75) is 20.3 Å². The van der Waals surface area contributed by atoms with Crippen LogP contribution < -0.4 is 5.73 Å². The van der Waals surface area contributed by atoms with Gasteiger partial charge in [0.05, 0.1) is 11.9 Å². The number of aromatic nitrogens is 4. The van der Waals surface area contributed by atoms with Crippen LogP contribution in [-0.2, 0) is 6.42 Å². The second-order valence-electron chi connectivity index (χ2n) is 4.68. The van der Waals surface area contributed by atoms with Gasteiger partial charge < -0.3 is 5.73 Å². The molecule has 3 aromatic heterocycles. The molecule has 0 aromatic carbocycles. The summed E-state index contributed by atoms with van der Waals surface area (Å²) in [4.78, 5) is 17.4. The van der Waals surface area contributed by atoms with Gasteiger partial charge in [-0.3, -0.25) is 4.98 Å². The van der Waals surface area contributed by atoms with E-state index in [0.29, 0.717) is 5.69 Å². The van der Waals surface area contributed by atoms with Crippen LogP contribution in [0.3, 0.4) is 0 Å². The number of anilines is 1. The lowest BCUT2D eigenvalue weighted by atomic mass is 10.1. The van der Waals surface area contributed by atoms with E-state index >= 15 is 0 Å². The molecule has 0 amide bonds. The van der Waals surface area contributed by atoms with Crippen molar-refractivity contribution in [2.75, 3.05) is 5.73 Å². The van der Waals surface area contributed by atoms with Gasteiger partial charge in [0.2, 0.25) is 0 Å². The van der Waals surface area contributed by atoms with Crippen molar-refractivity contribution in [2.24, 2.45) is 0 Å². The van der Waals surface area contributed by atoms with Crippen LogP contribution in [0.15, 0.2) is 30.7 Å². The van der Waals surface area contributed by atoms with Gasteiger partial charge in [-0.15, -0.1) is 0 Å². The highest BCUT2D eigenvalue weighted by Gasteiger charge is 2.07. The maximum atomic E-state index is 5.81. The maximum Gasteiger partial charge on any atom is 0.162 e. The first kappa shape index (κ1) is 12.5. The fourth-order valence-corrected chi connectivity index (χ4v) is 2.12. The molecule has 0 unspecified atom stereocenters. The van der Waals surface area contributed by atoms with Crippen LogP contribution >= 0.6 is 0 Å². The molecular weight excluding hydrogens is 250 g/mol. The Morgan fingerprint density at radius 3 is 2.70 bits per heavy atom. The first-order valence-electron chi connectivity index (χ1n) is 6.51. The van der Waals surface area contributed by atoms with Crippen LogP contribution in [0, 0.1) is 6.92 Å². The molecule has 3 rings (SSSR count). The number of rotatable bonds is 2. The molecule has 3 aromatic rings. The summed E-state index contributed by atoms with van der Waals surface area (Å²) in [5.41, 5.74) is 10.0. The molecule has 5 nitrogen and oxygen atoms in total. The summed E-state index contributed by atoms with van der Waals surface area (Å²) in [6.45, 7) is 3.98. The molecule has 0 spiro atoms. The number of nitrogens with zero attached hydrogens (tertiary/aromatic N) is 4. The van der Waals surface area contributed by atoms with E-state index in [4.69, 9.17) is 5.73 Å². The first-order valence-corrected chi connectivity index (χ1v) is 6.51. The Labute approximate surface area is 116 Å². The van der Waals surface area contributed by atoms with Gasteiger partial charge in [0.25, 0.3) is 0 Å². The number of fused-ring (bicyclic) bond motifs is 1. The van der Waals surface area contributed by atoms with Crippen molar-refractivity contribution in [3.8, 4) is 11.1 Å². The predicted molar refractivity (Wildman–Crippen MR) is 79.1 cm³/mol. The topological polar surface area (TPSA) is 77.6 Å². The van der Waals surface area contributed by atoms with Crippen molar-refractivity contribution < 1.29 is 0 Å². The highest BCUT2D eigenvalue weighted by Crippen LogP contribution is 2.25. The molecule has 3 heterocycles. The lowest BCUT2D eigenvalue weighted by Gasteiger charge is -2.07. The van der Waals surface area contributed by atoms with Crippen molar-refractivity contribution in [1.82, 2.24) is 19.9 Å². The highest BCUT2D eigenvalue weighted by molar-refractivity contribution is 5.81. The Morgan fingerprint density at radius 2 is 1.90 bits per heavy atom. The van der Waals surface area contributed by atoms with Crippen molar-refractivity contribution >= 4 is 16.7 Å². The molecule has 0 atom stereocenters. The number of nitrogen functional groups attached to an aromatic ring is 1. The Morgan fingerprint density at radius 1 is 1.05 bits per heavy atom. The molecule has 0 aliphatic carbocycles. The molecule has 2 N–H and O–H groups in total.